The van der Waals surface area contributed by atoms with Crippen molar-refractivity contribution in [2.75, 3.05) is 18.5 Å². The summed E-state index contributed by atoms with van der Waals surface area (Å²) in [7, 11) is 0. The molecular weight excluding hydrogens is 397 g/mol. The normalized spacial score (nSPS) is 17.1. The Labute approximate surface area is 171 Å². The Hall–Kier alpha value is -3.20. The molecule has 0 aromatic heterocycles. The molecule has 1 aliphatic heterocycles. The molecule has 2 amide bonds. The molecule has 1 atom stereocenters. The van der Waals surface area contributed by atoms with E-state index in [4.69, 9.17) is 15.2 Å². The molecule has 7 nitrogen and oxygen atoms in total. The van der Waals surface area contributed by atoms with Gasteiger partial charge in [-0.2, -0.15) is 0 Å². The molecular formula is C20H20FN3O4S. The fourth-order valence-corrected chi connectivity index (χ4v) is 3.56. The first-order valence-corrected chi connectivity index (χ1v) is 9.72. The van der Waals surface area contributed by atoms with E-state index in [0.717, 1.165) is 0 Å². The molecule has 152 valence electrons. The average molecular weight is 417 g/mol. The number of primary amides is 1. The van der Waals surface area contributed by atoms with Crippen LogP contribution in [0, 0.1) is 5.82 Å². The Morgan fingerprint density at radius 2 is 2.07 bits per heavy atom. The van der Waals surface area contributed by atoms with Gasteiger partial charge in [-0.05, 0) is 42.8 Å². The lowest BCUT2D eigenvalue weighted by molar-refractivity contribution is -0.120. The third-order valence-corrected chi connectivity index (χ3v) is 4.86. The molecule has 1 aliphatic rings. The van der Waals surface area contributed by atoms with Crippen LogP contribution < -0.4 is 25.8 Å². The van der Waals surface area contributed by atoms with Crippen LogP contribution in [-0.4, -0.2) is 30.5 Å². The molecule has 0 radical (unpaired) electrons. The fourth-order valence-electron chi connectivity index (χ4n) is 2.59. The van der Waals surface area contributed by atoms with Crippen LogP contribution in [0.2, 0.25) is 0 Å². The van der Waals surface area contributed by atoms with Crippen molar-refractivity contribution in [3.05, 3.63) is 58.8 Å². The first-order chi connectivity index (χ1) is 14.0. The van der Waals surface area contributed by atoms with Crippen LogP contribution in [0.25, 0.3) is 6.08 Å². The monoisotopic (exact) mass is 417 g/mol. The summed E-state index contributed by atoms with van der Waals surface area (Å²) in [5, 5.41) is 5.70. The summed E-state index contributed by atoms with van der Waals surface area (Å²) in [6.45, 7) is 1.96. The van der Waals surface area contributed by atoms with Crippen LogP contribution in [0.3, 0.4) is 0 Å². The van der Waals surface area contributed by atoms with E-state index in [1.165, 1.54) is 17.8 Å². The number of hydrogen-bond donors (Lipinski definition) is 3. The van der Waals surface area contributed by atoms with Crippen LogP contribution in [0.4, 0.5) is 10.1 Å². The highest BCUT2D eigenvalue weighted by Crippen LogP contribution is 2.33. The second kappa shape index (κ2) is 9.33. The second-order valence-electron chi connectivity index (χ2n) is 6.00. The van der Waals surface area contributed by atoms with Gasteiger partial charge in [0.1, 0.15) is 5.82 Å². The summed E-state index contributed by atoms with van der Waals surface area (Å²) >= 11 is 1.24. The van der Waals surface area contributed by atoms with E-state index in [1.54, 1.807) is 42.5 Å². The third kappa shape index (κ3) is 5.41. The lowest BCUT2D eigenvalue weighted by Gasteiger charge is -2.13. The average Bonchev–Trinajstić information content (AvgIpc) is 3.02. The van der Waals surface area contributed by atoms with Crippen LogP contribution in [-0.2, 0) is 9.59 Å². The third-order valence-electron chi connectivity index (χ3n) is 3.83. The first kappa shape index (κ1) is 20.5. The number of nitrogens with one attached hydrogen (secondary N) is 2. The van der Waals surface area contributed by atoms with Crippen molar-refractivity contribution in [3.8, 4) is 11.5 Å². The zero-order chi connectivity index (χ0) is 20.8. The number of hydrogen-bond acceptors (Lipinski definition) is 6. The number of carbonyl (C=O) groups excluding carboxylic acids is 2. The van der Waals surface area contributed by atoms with E-state index < -0.39 is 17.2 Å². The van der Waals surface area contributed by atoms with E-state index in [9.17, 15) is 14.0 Å². The maximum absolute atomic E-state index is 13.8. The summed E-state index contributed by atoms with van der Waals surface area (Å²) in [5.41, 5.74) is 5.63. The Morgan fingerprint density at radius 3 is 2.79 bits per heavy atom. The molecule has 2 aromatic carbocycles. The number of rotatable bonds is 8. The van der Waals surface area contributed by atoms with Crippen molar-refractivity contribution in [1.29, 1.82) is 0 Å². The van der Waals surface area contributed by atoms with Gasteiger partial charge >= 0.3 is 0 Å². The topological polar surface area (TPSA) is 103 Å². The SMILES string of the molecule is CCOc1cc(/C=C2\SC(Nc3ccccc3F)NC2=O)ccc1OCC(N)=O. The van der Waals surface area contributed by atoms with Crippen LogP contribution in [0.15, 0.2) is 47.4 Å². The number of nitrogens with two attached hydrogens (primary N) is 1. The number of halogens is 1. The van der Waals surface area contributed by atoms with Crippen LogP contribution in [0.5, 0.6) is 11.5 Å². The molecule has 29 heavy (non-hydrogen) atoms. The predicted molar refractivity (Wildman–Crippen MR) is 110 cm³/mol. The standard InChI is InChI=1S/C20H20FN3O4S/c1-2-27-16-9-12(7-8-15(16)28-11-18(22)25)10-17-19(26)24-20(29-17)23-14-6-4-3-5-13(14)21/h3-10,20,23H,2,11H2,1H3,(H2,22,25)(H,24,26)/b17-10-. The van der Waals surface area contributed by atoms with Gasteiger partial charge < -0.3 is 25.8 Å². The quantitative estimate of drug-likeness (QED) is 0.571. The molecule has 0 aliphatic carbocycles. The Kier molecular flexibility index (Phi) is 6.61. The van der Waals surface area contributed by atoms with E-state index in [0.29, 0.717) is 34.3 Å². The van der Waals surface area contributed by atoms with Gasteiger partial charge in [-0.3, -0.25) is 9.59 Å². The van der Waals surface area contributed by atoms with Crippen molar-refractivity contribution in [2.45, 2.75) is 12.4 Å². The minimum atomic E-state index is -0.592. The molecule has 0 saturated carbocycles. The van der Waals surface area contributed by atoms with E-state index >= 15 is 0 Å². The zero-order valence-electron chi connectivity index (χ0n) is 15.6. The summed E-state index contributed by atoms with van der Waals surface area (Å²) in [4.78, 5) is 23.7. The molecule has 1 heterocycles. The van der Waals surface area contributed by atoms with Gasteiger partial charge in [-0.1, -0.05) is 30.0 Å². The highest BCUT2D eigenvalue weighted by Gasteiger charge is 2.27. The number of para-hydroxylation sites is 1. The molecule has 1 fully saturated rings. The molecule has 1 unspecified atom stereocenters. The fraction of sp³-hybridized carbons (Fsp3) is 0.200. The minimum Gasteiger partial charge on any atom is -0.490 e. The van der Waals surface area contributed by atoms with Gasteiger partial charge in [-0.15, -0.1) is 0 Å². The number of amides is 2. The summed E-state index contributed by atoms with van der Waals surface area (Å²) in [6, 6.07) is 11.3. The van der Waals surface area contributed by atoms with Crippen molar-refractivity contribution in [2.24, 2.45) is 5.73 Å². The van der Waals surface area contributed by atoms with Gasteiger partial charge in [0.2, 0.25) is 0 Å². The maximum Gasteiger partial charge on any atom is 0.260 e. The van der Waals surface area contributed by atoms with Crippen molar-refractivity contribution < 1.29 is 23.5 Å². The highest BCUT2D eigenvalue weighted by molar-refractivity contribution is 8.05. The number of anilines is 1. The number of ether oxygens (including phenoxy) is 2. The molecule has 0 bridgehead atoms. The van der Waals surface area contributed by atoms with Crippen molar-refractivity contribution >= 4 is 35.3 Å². The van der Waals surface area contributed by atoms with Gasteiger partial charge in [0, 0.05) is 0 Å². The number of benzene rings is 2. The molecule has 1 saturated heterocycles. The van der Waals surface area contributed by atoms with Gasteiger partial charge in [0.15, 0.2) is 23.6 Å². The van der Waals surface area contributed by atoms with Gasteiger partial charge in [0.05, 0.1) is 17.2 Å². The molecule has 4 N–H and O–H groups in total. The zero-order valence-corrected chi connectivity index (χ0v) is 16.4. The molecule has 0 spiro atoms. The predicted octanol–water partition coefficient (Wildman–Crippen LogP) is 2.69. The minimum absolute atomic E-state index is 0.262. The molecule has 3 rings (SSSR count). The first-order valence-electron chi connectivity index (χ1n) is 8.84. The lowest BCUT2D eigenvalue weighted by atomic mass is 10.2. The Balaban J connectivity index is 1.75. The van der Waals surface area contributed by atoms with Gasteiger partial charge in [0.25, 0.3) is 11.8 Å². The van der Waals surface area contributed by atoms with E-state index in [-0.39, 0.29) is 12.5 Å². The summed E-state index contributed by atoms with van der Waals surface area (Å²) in [5.74, 6) is -0.433. The highest BCUT2D eigenvalue weighted by atomic mass is 32.2. The van der Waals surface area contributed by atoms with Gasteiger partial charge in [-0.25, -0.2) is 4.39 Å². The Bertz CT molecular complexity index is 951. The van der Waals surface area contributed by atoms with E-state index in [1.807, 2.05) is 6.92 Å². The second-order valence-corrected chi connectivity index (χ2v) is 7.15. The molecule has 2 aromatic rings. The summed E-state index contributed by atoms with van der Waals surface area (Å²) < 4.78 is 24.7. The van der Waals surface area contributed by atoms with Crippen LogP contribution in [0.1, 0.15) is 12.5 Å². The summed E-state index contributed by atoms with van der Waals surface area (Å²) in [6.07, 6.45) is 1.70. The maximum atomic E-state index is 13.8. The number of thioether (sulfide) groups is 1. The van der Waals surface area contributed by atoms with E-state index in [2.05, 4.69) is 10.6 Å². The molecule has 9 heteroatoms. The Morgan fingerprint density at radius 1 is 1.28 bits per heavy atom. The smallest absolute Gasteiger partial charge is 0.260 e. The number of carbonyl (C=O) groups is 2. The largest absolute Gasteiger partial charge is 0.490 e. The van der Waals surface area contributed by atoms with Crippen molar-refractivity contribution in [1.82, 2.24) is 5.32 Å². The van der Waals surface area contributed by atoms with Crippen molar-refractivity contribution in [3.63, 3.8) is 0 Å². The lowest BCUT2D eigenvalue weighted by Crippen LogP contribution is -2.31. The van der Waals surface area contributed by atoms with Crippen LogP contribution >= 0.6 is 11.8 Å².